The lowest BCUT2D eigenvalue weighted by atomic mass is 9.85. The molecule has 3 N–H and O–H groups in total. The zero-order valence-corrected chi connectivity index (χ0v) is 17.0. The van der Waals surface area contributed by atoms with Gasteiger partial charge in [-0.3, -0.25) is 4.79 Å². The van der Waals surface area contributed by atoms with Crippen LogP contribution in [0.25, 0.3) is 11.3 Å². The van der Waals surface area contributed by atoms with Gasteiger partial charge in [0.1, 0.15) is 5.82 Å². The molecule has 1 saturated heterocycles. The maximum absolute atomic E-state index is 11.6. The molecule has 3 aliphatic rings. The number of nitrogens with two attached hydrogens (primary N) is 1. The number of nitrogens with zero attached hydrogens (tertiary/aromatic N) is 6. The highest BCUT2D eigenvalue weighted by molar-refractivity contribution is 5.75. The molecule has 1 saturated carbocycles. The minimum absolute atomic E-state index is 0.0144. The second kappa shape index (κ2) is 7.67. The van der Waals surface area contributed by atoms with E-state index >= 15 is 0 Å². The van der Waals surface area contributed by atoms with Gasteiger partial charge in [-0.2, -0.15) is 4.98 Å². The summed E-state index contributed by atoms with van der Waals surface area (Å²) < 4.78 is 5.50. The van der Waals surface area contributed by atoms with E-state index in [4.69, 9.17) is 20.4 Å². The van der Waals surface area contributed by atoms with Gasteiger partial charge in [0.2, 0.25) is 17.8 Å². The third kappa shape index (κ3) is 3.41. The molecule has 5 rings (SSSR count). The maximum atomic E-state index is 11.6. The van der Waals surface area contributed by atoms with E-state index in [2.05, 4.69) is 25.1 Å². The molecule has 1 amide bonds. The van der Waals surface area contributed by atoms with Gasteiger partial charge in [0.15, 0.2) is 0 Å². The second-order valence-corrected chi connectivity index (χ2v) is 8.00. The predicted molar refractivity (Wildman–Crippen MR) is 112 cm³/mol. The largest absolute Gasteiger partial charge is 0.378 e. The molecule has 2 fully saturated rings. The lowest BCUT2D eigenvalue weighted by Crippen LogP contribution is -2.58. The van der Waals surface area contributed by atoms with Crippen LogP contribution in [-0.2, 0) is 16.0 Å². The summed E-state index contributed by atoms with van der Waals surface area (Å²) in [4.78, 5) is 34.3. The standard InChI is InChI=1S/C20H26N8O2/c1-12(29)24-15-2-3-16(15)28-5-4-14-17(13-10-22-19(21)23-11-13)25-20(26-18(14)28)27-6-8-30-9-7-27/h10-11,15-16H,2-9H2,1H3,(H,24,29)(H2,21,22,23). The Morgan fingerprint density at radius 2 is 1.93 bits per heavy atom. The molecule has 0 aromatic carbocycles. The number of amides is 1. The van der Waals surface area contributed by atoms with Crippen LogP contribution in [0, 0.1) is 0 Å². The third-order valence-electron chi connectivity index (χ3n) is 6.11. The average molecular weight is 410 g/mol. The Labute approximate surface area is 174 Å². The fourth-order valence-electron chi connectivity index (χ4n) is 4.48. The SMILES string of the molecule is CC(=O)NC1CCC1N1CCc2c(-c3cnc(N)nc3)nc(N3CCOCC3)nc21. The van der Waals surface area contributed by atoms with Crippen LogP contribution in [0.5, 0.6) is 0 Å². The molecule has 10 nitrogen and oxygen atoms in total. The Kier molecular flexibility index (Phi) is 4.86. The number of rotatable bonds is 4. The average Bonchev–Trinajstić information content (AvgIpc) is 3.15. The molecule has 4 heterocycles. The Morgan fingerprint density at radius 1 is 1.17 bits per heavy atom. The topological polar surface area (TPSA) is 122 Å². The fourth-order valence-corrected chi connectivity index (χ4v) is 4.48. The Morgan fingerprint density at radius 3 is 2.60 bits per heavy atom. The van der Waals surface area contributed by atoms with Gasteiger partial charge < -0.3 is 25.6 Å². The van der Waals surface area contributed by atoms with Crippen LogP contribution in [0.15, 0.2) is 12.4 Å². The molecule has 2 aromatic rings. The predicted octanol–water partition coefficient (Wildman–Crippen LogP) is 0.382. The van der Waals surface area contributed by atoms with Crippen LogP contribution in [0.2, 0.25) is 0 Å². The van der Waals surface area contributed by atoms with Gasteiger partial charge >= 0.3 is 0 Å². The number of nitrogen functional groups attached to an aromatic ring is 1. The normalized spacial score (nSPS) is 23.1. The molecular weight excluding hydrogens is 384 g/mol. The number of carbonyl (C=O) groups is 1. The monoisotopic (exact) mass is 410 g/mol. The first-order chi connectivity index (χ1) is 14.6. The van der Waals surface area contributed by atoms with Crippen molar-refractivity contribution in [3.05, 3.63) is 18.0 Å². The summed E-state index contributed by atoms with van der Waals surface area (Å²) in [5.41, 5.74) is 8.49. The van der Waals surface area contributed by atoms with Gasteiger partial charge in [0, 0.05) is 56.1 Å². The van der Waals surface area contributed by atoms with Crippen molar-refractivity contribution < 1.29 is 9.53 Å². The van der Waals surface area contributed by atoms with E-state index in [9.17, 15) is 4.79 Å². The summed E-state index contributed by atoms with van der Waals surface area (Å²) in [7, 11) is 0. The molecule has 158 valence electrons. The number of anilines is 3. The first kappa shape index (κ1) is 19.0. The third-order valence-corrected chi connectivity index (χ3v) is 6.11. The molecule has 0 radical (unpaired) electrons. The number of hydrogen-bond acceptors (Lipinski definition) is 9. The van der Waals surface area contributed by atoms with Gasteiger partial charge in [0.25, 0.3) is 0 Å². The summed E-state index contributed by atoms with van der Waals surface area (Å²) >= 11 is 0. The highest BCUT2D eigenvalue weighted by Gasteiger charge is 2.40. The minimum atomic E-state index is 0.0144. The second-order valence-electron chi connectivity index (χ2n) is 8.00. The molecule has 1 aliphatic carbocycles. The van der Waals surface area contributed by atoms with Crippen molar-refractivity contribution in [3.8, 4) is 11.3 Å². The van der Waals surface area contributed by atoms with Gasteiger partial charge in [-0.25, -0.2) is 15.0 Å². The number of hydrogen-bond donors (Lipinski definition) is 2. The first-order valence-electron chi connectivity index (χ1n) is 10.5. The lowest BCUT2D eigenvalue weighted by molar-refractivity contribution is -0.120. The summed E-state index contributed by atoms with van der Waals surface area (Å²) in [6.07, 6.45) is 6.33. The van der Waals surface area contributed by atoms with Crippen molar-refractivity contribution in [2.24, 2.45) is 0 Å². The molecule has 0 spiro atoms. The van der Waals surface area contributed by atoms with Crippen LogP contribution in [0.4, 0.5) is 17.7 Å². The molecule has 2 aliphatic heterocycles. The number of carbonyl (C=O) groups excluding carboxylic acids is 1. The van der Waals surface area contributed by atoms with Crippen LogP contribution in [0.3, 0.4) is 0 Å². The number of aromatic nitrogens is 4. The van der Waals surface area contributed by atoms with Crippen LogP contribution < -0.4 is 20.9 Å². The zero-order valence-electron chi connectivity index (χ0n) is 17.0. The van der Waals surface area contributed by atoms with Crippen LogP contribution >= 0.6 is 0 Å². The Hall–Kier alpha value is -3.01. The molecule has 2 atom stereocenters. The number of nitrogens with one attached hydrogen (secondary N) is 1. The van der Waals surface area contributed by atoms with Crippen molar-refractivity contribution >= 4 is 23.6 Å². The molecule has 0 bridgehead atoms. The van der Waals surface area contributed by atoms with Crippen LogP contribution in [0.1, 0.15) is 25.3 Å². The van der Waals surface area contributed by atoms with E-state index in [1.807, 2.05) is 0 Å². The van der Waals surface area contributed by atoms with E-state index in [1.54, 1.807) is 19.3 Å². The summed E-state index contributed by atoms with van der Waals surface area (Å²) in [6.45, 7) is 5.28. The van der Waals surface area contributed by atoms with E-state index in [0.717, 1.165) is 61.5 Å². The highest BCUT2D eigenvalue weighted by Crippen LogP contribution is 2.40. The summed E-state index contributed by atoms with van der Waals surface area (Å²) in [6, 6.07) is 0.427. The fraction of sp³-hybridized carbons (Fsp3) is 0.550. The molecule has 2 aromatic heterocycles. The maximum Gasteiger partial charge on any atom is 0.228 e. The van der Waals surface area contributed by atoms with Gasteiger partial charge in [0.05, 0.1) is 24.9 Å². The molecule has 30 heavy (non-hydrogen) atoms. The van der Waals surface area contributed by atoms with Crippen molar-refractivity contribution in [2.45, 2.75) is 38.3 Å². The molecule has 2 unspecified atom stereocenters. The summed E-state index contributed by atoms with van der Waals surface area (Å²) in [5.74, 6) is 1.91. The van der Waals surface area contributed by atoms with Gasteiger partial charge in [-0.15, -0.1) is 0 Å². The highest BCUT2D eigenvalue weighted by atomic mass is 16.5. The molecule has 10 heteroatoms. The van der Waals surface area contributed by atoms with E-state index < -0.39 is 0 Å². The Bertz CT molecular complexity index is 945. The number of morpholine rings is 1. The van der Waals surface area contributed by atoms with Gasteiger partial charge in [-0.05, 0) is 19.3 Å². The van der Waals surface area contributed by atoms with Crippen molar-refractivity contribution in [1.29, 1.82) is 0 Å². The lowest BCUT2D eigenvalue weighted by Gasteiger charge is -2.43. The first-order valence-corrected chi connectivity index (χ1v) is 10.5. The Balaban J connectivity index is 1.54. The van der Waals surface area contributed by atoms with Crippen LogP contribution in [-0.4, -0.2) is 70.8 Å². The smallest absolute Gasteiger partial charge is 0.228 e. The molecular formula is C20H26N8O2. The van der Waals surface area contributed by atoms with Crippen molar-refractivity contribution in [2.75, 3.05) is 48.4 Å². The zero-order chi connectivity index (χ0) is 20.7. The summed E-state index contributed by atoms with van der Waals surface area (Å²) in [5, 5.41) is 3.08. The number of fused-ring (bicyclic) bond motifs is 1. The quantitative estimate of drug-likeness (QED) is 0.736. The van der Waals surface area contributed by atoms with E-state index in [1.165, 1.54) is 0 Å². The minimum Gasteiger partial charge on any atom is -0.378 e. The number of ether oxygens (including phenoxy) is 1. The van der Waals surface area contributed by atoms with E-state index in [0.29, 0.717) is 19.2 Å². The van der Waals surface area contributed by atoms with Crippen molar-refractivity contribution in [3.63, 3.8) is 0 Å². The van der Waals surface area contributed by atoms with Gasteiger partial charge in [-0.1, -0.05) is 0 Å². The van der Waals surface area contributed by atoms with E-state index in [-0.39, 0.29) is 23.9 Å². The van der Waals surface area contributed by atoms with Crippen molar-refractivity contribution in [1.82, 2.24) is 25.3 Å².